The fourth-order valence-corrected chi connectivity index (χ4v) is 3.14. The second-order valence-electron chi connectivity index (χ2n) is 5.27. The van der Waals surface area contributed by atoms with E-state index in [1.54, 1.807) is 0 Å². The molecule has 0 amide bonds. The highest BCUT2D eigenvalue weighted by Crippen LogP contribution is 2.43. The molecule has 0 radical (unpaired) electrons. The minimum atomic E-state index is -0.0172. The van der Waals surface area contributed by atoms with Crippen molar-refractivity contribution in [1.82, 2.24) is 0 Å². The molecule has 0 saturated carbocycles. The van der Waals surface area contributed by atoms with Gasteiger partial charge < -0.3 is 0 Å². The smallest absolute Gasteiger partial charge is 0.195 e. The van der Waals surface area contributed by atoms with Gasteiger partial charge >= 0.3 is 0 Å². The van der Waals surface area contributed by atoms with E-state index in [4.69, 9.17) is 0 Å². The minimum Gasteiger partial charge on any atom is -0.204 e. The first-order valence-electron chi connectivity index (χ1n) is 6.37. The van der Waals surface area contributed by atoms with E-state index in [0.717, 1.165) is 0 Å². The monoisotopic (exact) mass is 236 g/mol. The molecule has 1 aromatic carbocycles. The zero-order valence-electron chi connectivity index (χ0n) is 11.1. The number of nitrogens with zero attached hydrogens (tertiary/aromatic N) is 1. The van der Waals surface area contributed by atoms with Gasteiger partial charge in [-0.05, 0) is 30.5 Å². The molecule has 1 aliphatic carbocycles. The second kappa shape index (κ2) is 3.81. The third kappa shape index (κ3) is 1.43. The molecule has 1 unspecified atom stereocenters. The van der Waals surface area contributed by atoms with E-state index in [2.05, 4.69) is 80.2 Å². The van der Waals surface area contributed by atoms with E-state index < -0.39 is 0 Å². The summed E-state index contributed by atoms with van der Waals surface area (Å²) >= 11 is 0. The summed E-state index contributed by atoms with van der Waals surface area (Å²) in [5.41, 5.74) is 5.47. The Balaban J connectivity index is 2.27. The lowest BCUT2D eigenvalue weighted by Crippen LogP contribution is -2.40. The number of aryl methyl sites for hydroxylation is 1. The van der Waals surface area contributed by atoms with Crippen LogP contribution < -0.4 is 4.57 Å². The third-order valence-electron chi connectivity index (χ3n) is 4.00. The van der Waals surface area contributed by atoms with Gasteiger partial charge in [0.25, 0.3) is 0 Å². The van der Waals surface area contributed by atoms with Gasteiger partial charge in [0, 0.05) is 12.1 Å². The molecule has 0 aliphatic heterocycles. The third-order valence-corrected chi connectivity index (χ3v) is 4.00. The first kappa shape index (κ1) is 11.2. The highest BCUT2D eigenvalue weighted by molar-refractivity contribution is 5.76. The largest absolute Gasteiger partial charge is 0.204 e. The topological polar surface area (TPSA) is 3.88 Å². The molecule has 2 aromatic rings. The fourth-order valence-electron chi connectivity index (χ4n) is 3.14. The van der Waals surface area contributed by atoms with Crippen molar-refractivity contribution < 1.29 is 4.57 Å². The van der Waals surface area contributed by atoms with E-state index in [-0.39, 0.29) is 5.41 Å². The molecule has 1 atom stereocenters. The number of allylic oxidation sites excluding steroid dienone is 2. The molecule has 0 saturated heterocycles. The van der Waals surface area contributed by atoms with Crippen LogP contribution in [0.3, 0.4) is 0 Å². The van der Waals surface area contributed by atoms with Crippen molar-refractivity contribution in [2.75, 3.05) is 0 Å². The molecular formula is C17H18N+. The highest BCUT2D eigenvalue weighted by Gasteiger charge is 2.39. The van der Waals surface area contributed by atoms with Gasteiger partial charge in [0.1, 0.15) is 7.05 Å². The summed E-state index contributed by atoms with van der Waals surface area (Å²) in [5, 5.41) is 0. The zero-order chi connectivity index (χ0) is 12.8. The summed E-state index contributed by atoms with van der Waals surface area (Å²) in [6.07, 6.45) is 4.50. The highest BCUT2D eigenvalue weighted by atomic mass is 14.9. The molecule has 18 heavy (non-hydrogen) atoms. The molecular weight excluding hydrogens is 218 g/mol. The Morgan fingerprint density at radius 1 is 1.00 bits per heavy atom. The second-order valence-corrected chi connectivity index (χ2v) is 5.27. The van der Waals surface area contributed by atoms with Crippen molar-refractivity contribution in [2.24, 2.45) is 7.05 Å². The van der Waals surface area contributed by atoms with Crippen LogP contribution in [0.1, 0.15) is 30.7 Å². The molecule has 1 nitrogen and oxygen atoms in total. The van der Waals surface area contributed by atoms with Crippen LogP contribution in [-0.4, -0.2) is 0 Å². The van der Waals surface area contributed by atoms with Crippen LogP contribution in [0.4, 0.5) is 0 Å². The number of benzene rings is 1. The van der Waals surface area contributed by atoms with Crippen molar-refractivity contribution in [3.05, 3.63) is 71.6 Å². The van der Waals surface area contributed by atoms with Gasteiger partial charge in [-0.1, -0.05) is 36.4 Å². The Labute approximate surface area is 108 Å². The van der Waals surface area contributed by atoms with E-state index in [0.29, 0.717) is 0 Å². The predicted molar refractivity (Wildman–Crippen MR) is 74.2 cm³/mol. The molecule has 0 fully saturated rings. The molecule has 3 rings (SSSR count). The summed E-state index contributed by atoms with van der Waals surface area (Å²) in [4.78, 5) is 0. The van der Waals surface area contributed by atoms with Crippen LogP contribution in [0.5, 0.6) is 0 Å². The van der Waals surface area contributed by atoms with Gasteiger partial charge in [0.2, 0.25) is 0 Å². The van der Waals surface area contributed by atoms with Gasteiger partial charge in [0.15, 0.2) is 11.9 Å². The minimum absolute atomic E-state index is 0.0172. The van der Waals surface area contributed by atoms with Crippen LogP contribution in [0.15, 0.2) is 54.7 Å². The van der Waals surface area contributed by atoms with Gasteiger partial charge in [-0.15, -0.1) is 0 Å². The normalized spacial score (nSPS) is 21.6. The quantitative estimate of drug-likeness (QED) is 0.669. The van der Waals surface area contributed by atoms with Gasteiger partial charge in [-0.3, -0.25) is 0 Å². The Morgan fingerprint density at radius 3 is 2.50 bits per heavy atom. The molecule has 0 N–H and O–H groups in total. The standard InChI is InChI=1S/C17H18N/c1-13-12-17(2,15-9-5-4-8-14(13)15)16-10-6-7-11-18(16)3/h4-12H,1-3H3/q+1. The van der Waals surface area contributed by atoms with Crippen LogP contribution in [0, 0.1) is 0 Å². The van der Waals surface area contributed by atoms with Crippen LogP contribution in [0.2, 0.25) is 0 Å². The van der Waals surface area contributed by atoms with E-state index in [1.807, 2.05) is 0 Å². The van der Waals surface area contributed by atoms with Crippen LogP contribution in [0.25, 0.3) is 5.57 Å². The summed E-state index contributed by atoms with van der Waals surface area (Å²) in [6, 6.07) is 15.1. The molecule has 0 bridgehead atoms. The summed E-state index contributed by atoms with van der Waals surface area (Å²) < 4.78 is 2.21. The van der Waals surface area contributed by atoms with Gasteiger partial charge in [-0.25, -0.2) is 4.57 Å². The average Bonchev–Trinajstić information content (AvgIpc) is 2.64. The van der Waals surface area contributed by atoms with Crippen molar-refractivity contribution >= 4 is 5.57 Å². The Morgan fingerprint density at radius 2 is 1.72 bits per heavy atom. The molecule has 1 heterocycles. The average molecular weight is 236 g/mol. The Bertz CT molecular complexity index is 640. The summed E-state index contributed by atoms with van der Waals surface area (Å²) in [6.45, 7) is 4.50. The Hall–Kier alpha value is -1.89. The SMILES string of the molecule is CC1=CC(C)(c2cccc[n+]2C)c2ccccc21. The number of pyridine rings is 1. The fraction of sp³-hybridized carbons (Fsp3) is 0.235. The predicted octanol–water partition coefficient (Wildman–Crippen LogP) is 3.23. The van der Waals surface area contributed by atoms with Crippen LogP contribution >= 0.6 is 0 Å². The molecule has 0 spiro atoms. The Kier molecular flexibility index (Phi) is 2.37. The van der Waals surface area contributed by atoms with E-state index >= 15 is 0 Å². The molecule has 90 valence electrons. The van der Waals surface area contributed by atoms with E-state index in [9.17, 15) is 0 Å². The van der Waals surface area contributed by atoms with E-state index in [1.165, 1.54) is 22.4 Å². The molecule has 1 heteroatoms. The number of fused-ring (bicyclic) bond motifs is 1. The lowest BCUT2D eigenvalue weighted by molar-refractivity contribution is -0.681. The van der Waals surface area contributed by atoms with Crippen LogP contribution in [-0.2, 0) is 12.5 Å². The first-order chi connectivity index (χ1) is 8.63. The number of hydrogen-bond acceptors (Lipinski definition) is 0. The lowest BCUT2D eigenvalue weighted by Gasteiger charge is -2.21. The number of hydrogen-bond donors (Lipinski definition) is 0. The van der Waals surface area contributed by atoms with Crippen molar-refractivity contribution in [1.29, 1.82) is 0 Å². The van der Waals surface area contributed by atoms with Gasteiger partial charge in [-0.2, -0.15) is 0 Å². The molecule has 1 aromatic heterocycles. The number of aromatic nitrogens is 1. The maximum Gasteiger partial charge on any atom is 0.195 e. The number of rotatable bonds is 1. The van der Waals surface area contributed by atoms with Crippen molar-refractivity contribution in [3.8, 4) is 0 Å². The van der Waals surface area contributed by atoms with Crippen molar-refractivity contribution in [3.63, 3.8) is 0 Å². The first-order valence-corrected chi connectivity index (χ1v) is 6.37. The molecule has 1 aliphatic rings. The zero-order valence-corrected chi connectivity index (χ0v) is 11.1. The lowest BCUT2D eigenvalue weighted by atomic mass is 9.81. The maximum absolute atomic E-state index is 2.38. The van der Waals surface area contributed by atoms with Gasteiger partial charge in [0.05, 0.1) is 5.41 Å². The maximum atomic E-state index is 2.38. The summed E-state index contributed by atoms with van der Waals surface area (Å²) in [7, 11) is 2.12. The van der Waals surface area contributed by atoms with Crippen molar-refractivity contribution in [2.45, 2.75) is 19.3 Å². The summed E-state index contributed by atoms with van der Waals surface area (Å²) in [5.74, 6) is 0.